The Morgan fingerprint density at radius 3 is 2.95 bits per heavy atom. The molecule has 118 valence electrons. The Hall–Kier alpha value is -1.42. The smallest absolute Gasteiger partial charge is 0.237 e. The molecule has 2 fully saturated rings. The van der Waals surface area contributed by atoms with Crippen LogP contribution in [0, 0.1) is 11.7 Å². The third-order valence-corrected chi connectivity index (χ3v) is 5.68. The lowest BCUT2D eigenvalue weighted by Crippen LogP contribution is -2.44. The Morgan fingerprint density at radius 1 is 1.23 bits per heavy atom. The van der Waals surface area contributed by atoms with Crippen LogP contribution in [0.4, 0.5) is 4.39 Å². The van der Waals surface area contributed by atoms with Crippen LogP contribution in [0.2, 0.25) is 0 Å². The number of fused-ring (bicyclic) bond motifs is 2. The summed E-state index contributed by atoms with van der Waals surface area (Å²) in [5.41, 5.74) is 2.13. The second kappa shape index (κ2) is 5.65. The summed E-state index contributed by atoms with van der Waals surface area (Å²) in [5.74, 6) is 0.610. The maximum Gasteiger partial charge on any atom is 0.237 e. The molecule has 3 nitrogen and oxygen atoms in total. The van der Waals surface area contributed by atoms with Crippen molar-refractivity contribution in [2.24, 2.45) is 5.92 Å². The van der Waals surface area contributed by atoms with E-state index in [0.717, 1.165) is 30.4 Å². The second-order valence-electron chi connectivity index (χ2n) is 7.05. The van der Waals surface area contributed by atoms with Crippen molar-refractivity contribution < 1.29 is 9.18 Å². The SMILES string of the molecule is O=C(NC1CCc2cc(F)ccc21)C1CC2CCCCC2N1. The summed E-state index contributed by atoms with van der Waals surface area (Å²) in [6.07, 6.45) is 7.75. The molecule has 1 saturated carbocycles. The van der Waals surface area contributed by atoms with Crippen LogP contribution in [0.3, 0.4) is 0 Å². The molecule has 1 heterocycles. The summed E-state index contributed by atoms with van der Waals surface area (Å²) in [5, 5.41) is 6.71. The molecule has 3 aliphatic rings. The fraction of sp³-hybridized carbons (Fsp3) is 0.611. The van der Waals surface area contributed by atoms with Gasteiger partial charge in [-0.3, -0.25) is 4.79 Å². The van der Waals surface area contributed by atoms with Crippen molar-refractivity contribution in [2.75, 3.05) is 0 Å². The highest BCUT2D eigenvalue weighted by atomic mass is 19.1. The first-order chi connectivity index (χ1) is 10.7. The van der Waals surface area contributed by atoms with Gasteiger partial charge in [0.05, 0.1) is 12.1 Å². The van der Waals surface area contributed by atoms with Crippen molar-refractivity contribution in [3.8, 4) is 0 Å². The summed E-state index contributed by atoms with van der Waals surface area (Å²) >= 11 is 0. The minimum Gasteiger partial charge on any atom is -0.348 e. The average Bonchev–Trinajstić information content (AvgIpc) is 3.11. The van der Waals surface area contributed by atoms with Crippen molar-refractivity contribution in [3.05, 3.63) is 35.1 Å². The number of amides is 1. The highest BCUT2D eigenvalue weighted by Crippen LogP contribution is 2.35. The van der Waals surface area contributed by atoms with E-state index in [1.54, 1.807) is 6.07 Å². The molecule has 4 heteroatoms. The highest BCUT2D eigenvalue weighted by molar-refractivity contribution is 5.82. The predicted molar refractivity (Wildman–Crippen MR) is 82.9 cm³/mol. The Labute approximate surface area is 130 Å². The van der Waals surface area contributed by atoms with Crippen LogP contribution in [0.25, 0.3) is 0 Å². The van der Waals surface area contributed by atoms with Gasteiger partial charge in [-0.1, -0.05) is 18.9 Å². The fourth-order valence-corrected chi connectivity index (χ4v) is 4.53. The molecule has 2 aliphatic carbocycles. The Bertz CT molecular complexity index is 574. The van der Waals surface area contributed by atoms with E-state index in [9.17, 15) is 9.18 Å². The van der Waals surface area contributed by atoms with Gasteiger partial charge < -0.3 is 10.6 Å². The largest absolute Gasteiger partial charge is 0.348 e. The zero-order valence-corrected chi connectivity index (χ0v) is 12.8. The van der Waals surface area contributed by atoms with Gasteiger partial charge in [0.2, 0.25) is 5.91 Å². The van der Waals surface area contributed by atoms with E-state index < -0.39 is 0 Å². The molecule has 4 atom stereocenters. The molecule has 0 aromatic heterocycles. The van der Waals surface area contributed by atoms with Crippen LogP contribution in [-0.4, -0.2) is 18.0 Å². The van der Waals surface area contributed by atoms with Crippen molar-refractivity contribution in [3.63, 3.8) is 0 Å². The Kier molecular flexibility index (Phi) is 3.65. The van der Waals surface area contributed by atoms with Crippen LogP contribution in [0.1, 0.15) is 55.7 Å². The summed E-state index contributed by atoms with van der Waals surface area (Å²) in [4.78, 5) is 12.6. The monoisotopic (exact) mass is 302 g/mol. The number of hydrogen-bond donors (Lipinski definition) is 2. The number of nitrogens with one attached hydrogen (secondary N) is 2. The number of hydrogen-bond acceptors (Lipinski definition) is 2. The van der Waals surface area contributed by atoms with Gasteiger partial charge >= 0.3 is 0 Å². The third kappa shape index (κ3) is 2.54. The van der Waals surface area contributed by atoms with Crippen molar-refractivity contribution in [1.82, 2.24) is 10.6 Å². The minimum atomic E-state index is -0.188. The van der Waals surface area contributed by atoms with Gasteiger partial charge in [-0.25, -0.2) is 4.39 Å². The quantitative estimate of drug-likeness (QED) is 0.882. The summed E-state index contributed by atoms with van der Waals surface area (Å²) in [6.45, 7) is 0. The van der Waals surface area contributed by atoms with Gasteiger partial charge in [-0.15, -0.1) is 0 Å². The van der Waals surface area contributed by atoms with E-state index in [-0.39, 0.29) is 23.8 Å². The molecule has 4 unspecified atom stereocenters. The number of carbonyl (C=O) groups is 1. The Morgan fingerprint density at radius 2 is 2.09 bits per heavy atom. The van der Waals surface area contributed by atoms with Crippen LogP contribution in [-0.2, 0) is 11.2 Å². The first-order valence-electron chi connectivity index (χ1n) is 8.55. The predicted octanol–water partition coefficient (Wildman–Crippen LogP) is 2.85. The minimum absolute atomic E-state index is 0.0439. The standard InChI is InChI=1S/C18H23FN2O/c19-13-6-7-14-11(9-13)5-8-16(14)21-18(22)17-10-12-3-1-2-4-15(12)20-17/h6-7,9,12,15-17,20H,1-5,8,10H2,(H,21,22). The van der Waals surface area contributed by atoms with Crippen molar-refractivity contribution in [1.29, 1.82) is 0 Å². The Balaban J connectivity index is 1.41. The second-order valence-corrected chi connectivity index (χ2v) is 7.05. The summed E-state index contributed by atoms with van der Waals surface area (Å²) < 4.78 is 13.3. The molecule has 0 radical (unpaired) electrons. The van der Waals surface area contributed by atoms with Crippen LogP contribution < -0.4 is 10.6 Å². The van der Waals surface area contributed by atoms with E-state index in [4.69, 9.17) is 0 Å². The molecule has 1 saturated heterocycles. The summed E-state index contributed by atoms with van der Waals surface area (Å²) in [7, 11) is 0. The molecule has 1 aliphatic heterocycles. The van der Waals surface area contributed by atoms with E-state index in [1.165, 1.54) is 31.7 Å². The number of halogens is 1. The number of benzene rings is 1. The molecular weight excluding hydrogens is 279 g/mol. The maximum absolute atomic E-state index is 13.3. The lowest BCUT2D eigenvalue weighted by atomic mass is 9.85. The zero-order valence-electron chi connectivity index (χ0n) is 12.8. The normalized spacial score (nSPS) is 33.3. The molecule has 22 heavy (non-hydrogen) atoms. The van der Waals surface area contributed by atoms with Crippen LogP contribution >= 0.6 is 0 Å². The van der Waals surface area contributed by atoms with Gasteiger partial charge in [0.1, 0.15) is 5.82 Å². The third-order valence-electron chi connectivity index (χ3n) is 5.68. The molecule has 1 amide bonds. The van der Waals surface area contributed by atoms with E-state index >= 15 is 0 Å². The number of carbonyl (C=O) groups excluding carboxylic acids is 1. The lowest BCUT2D eigenvalue weighted by Gasteiger charge is -2.24. The van der Waals surface area contributed by atoms with Gasteiger partial charge in [0.15, 0.2) is 0 Å². The van der Waals surface area contributed by atoms with Crippen LogP contribution in [0.15, 0.2) is 18.2 Å². The lowest BCUT2D eigenvalue weighted by molar-refractivity contribution is -0.123. The van der Waals surface area contributed by atoms with Gasteiger partial charge in [-0.05, 0) is 61.3 Å². The topological polar surface area (TPSA) is 41.1 Å². The number of rotatable bonds is 2. The van der Waals surface area contributed by atoms with Crippen molar-refractivity contribution >= 4 is 5.91 Å². The highest BCUT2D eigenvalue weighted by Gasteiger charge is 2.39. The van der Waals surface area contributed by atoms with Gasteiger partial charge in [0.25, 0.3) is 0 Å². The maximum atomic E-state index is 13.3. The number of aryl methyl sites for hydroxylation is 1. The average molecular weight is 302 g/mol. The fourth-order valence-electron chi connectivity index (χ4n) is 4.53. The first-order valence-corrected chi connectivity index (χ1v) is 8.55. The molecule has 1 aromatic rings. The van der Waals surface area contributed by atoms with Crippen LogP contribution in [0.5, 0.6) is 0 Å². The molecule has 0 spiro atoms. The molecule has 4 rings (SSSR count). The van der Waals surface area contributed by atoms with E-state index in [0.29, 0.717) is 12.0 Å². The molecule has 0 bridgehead atoms. The summed E-state index contributed by atoms with van der Waals surface area (Å²) in [6, 6.07) is 5.46. The zero-order chi connectivity index (χ0) is 15.1. The first kappa shape index (κ1) is 14.2. The van der Waals surface area contributed by atoms with Gasteiger partial charge in [-0.2, -0.15) is 0 Å². The molecule has 2 N–H and O–H groups in total. The molecular formula is C18H23FN2O. The van der Waals surface area contributed by atoms with Gasteiger partial charge in [0, 0.05) is 6.04 Å². The van der Waals surface area contributed by atoms with E-state index in [2.05, 4.69) is 10.6 Å². The molecule has 1 aromatic carbocycles. The van der Waals surface area contributed by atoms with Crippen molar-refractivity contribution in [2.45, 2.75) is 63.1 Å². The van der Waals surface area contributed by atoms with E-state index in [1.807, 2.05) is 6.07 Å².